The van der Waals surface area contributed by atoms with Crippen molar-refractivity contribution < 1.29 is 19.0 Å². The van der Waals surface area contributed by atoms with Gasteiger partial charge in [0, 0.05) is 0 Å². The maximum absolute atomic E-state index is 13.9. The molecule has 1 N–H and O–H groups in total. The van der Waals surface area contributed by atoms with Crippen LogP contribution in [0.4, 0.5) is 4.39 Å². The molecular weight excluding hydrogens is 259 g/mol. The minimum absolute atomic E-state index is 0.191. The Labute approximate surface area is 116 Å². The summed E-state index contributed by atoms with van der Waals surface area (Å²) in [5.74, 6) is -0.793. The van der Waals surface area contributed by atoms with Crippen LogP contribution in [0.1, 0.15) is 21.5 Å². The van der Waals surface area contributed by atoms with E-state index in [1.54, 1.807) is 24.3 Å². The normalized spacial score (nSPS) is 10.3. The van der Waals surface area contributed by atoms with Crippen molar-refractivity contribution in [2.24, 2.45) is 0 Å². The van der Waals surface area contributed by atoms with Crippen molar-refractivity contribution in [1.82, 2.24) is 0 Å². The highest BCUT2D eigenvalue weighted by Crippen LogP contribution is 2.19. The number of halogens is 1. The Kier molecular flexibility index (Phi) is 4.35. The molecule has 0 saturated heterocycles. The first kappa shape index (κ1) is 14.1. The molecule has 2 aromatic rings. The number of carbonyl (C=O) groups is 1. The van der Waals surface area contributed by atoms with E-state index in [0.29, 0.717) is 18.4 Å². The van der Waals surface area contributed by atoms with Gasteiger partial charge in [-0.3, -0.25) is 0 Å². The monoisotopic (exact) mass is 274 g/mol. The number of benzene rings is 2. The van der Waals surface area contributed by atoms with E-state index in [9.17, 15) is 14.3 Å². The maximum atomic E-state index is 13.9. The summed E-state index contributed by atoms with van der Waals surface area (Å²) in [5, 5.41) is 9.65. The average Bonchev–Trinajstić information content (AvgIpc) is 2.46. The SMILES string of the molecule is COC(=O)c1ccc(CCc2ccccc2O)c(F)c1. The maximum Gasteiger partial charge on any atom is 0.337 e. The Morgan fingerprint density at radius 2 is 1.85 bits per heavy atom. The predicted octanol–water partition coefficient (Wildman–Crippen LogP) is 3.10. The highest BCUT2D eigenvalue weighted by atomic mass is 19.1. The summed E-state index contributed by atoms with van der Waals surface area (Å²) in [6, 6.07) is 11.3. The molecule has 0 aromatic heterocycles. The summed E-state index contributed by atoms with van der Waals surface area (Å²) < 4.78 is 18.4. The van der Waals surface area contributed by atoms with Gasteiger partial charge in [-0.2, -0.15) is 0 Å². The summed E-state index contributed by atoms with van der Waals surface area (Å²) in [4.78, 5) is 11.3. The van der Waals surface area contributed by atoms with Gasteiger partial charge in [-0.05, 0) is 42.2 Å². The number of hydrogen-bond acceptors (Lipinski definition) is 3. The smallest absolute Gasteiger partial charge is 0.337 e. The van der Waals surface area contributed by atoms with E-state index in [0.717, 1.165) is 5.56 Å². The van der Waals surface area contributed by atoms with Gasteiger partial charge in [0.2, 0.25) is 0 Å². The van der Waals surface area contributed by atoms with E-state index < -0.39 is 11.8 Å². The lowest BCUT2D eigenvalue weighted by Crippen LogP contribution is -2.03. The summed E-state index contributed by atoms with van der Waals surface area (Å²) in [7, 11) is 1.26. The number of para-hydroxylation sites is 1. The molecule has 0 aliphatic carbocycles. The minimum Gasteiger partial charge on any atom is -0.508 e. The van der Waals surface area contributed by atoms with E-state index in [1.807, 2.05) is 6.07 Å². The van der Waals surface area contributed by atoms with Crippen molar-refractivity contribution in [3.63, 3.8) is 0 Å². The van der Waals surface area contributed by atoms with Crippen LogP contribution in [0.2, 0.25) is 0 Å². The van der Waals surface area contributed by atoms with Gasteiger partial charge in [-0.1, -0.05) is 24.3 Å². The molecule has 0 atom stereocenters. The topological polar surface area (TPSA) is 46.5 Å². The lowest BCUT2D eigenvalue weighted by molar-refractivity contribution is 0.0600. The lowest BCUT2D eigenvalue weighted by atomic mass is 10.0. The fourth-order valence-electron chi connectivity index (χ4n) is 1.99. The molecule has 0 spiro atoms. The second-order valence-corrected chi connectivity index (χ2v) is 4.43. The van der Waals surface area contributed by atoms with Gasteiger partial charge in [0.05, 0.1) is 12.7 Å². The van der Waals surface area contributed by atoms with E-state index >= 15 is 0 Å². The first-order valence-electron chi connectivity index (χ1n) is 6.25. The van der Waals surface area contributed by atoms with Gasteiger partial charge >= 0.3 is 5.97 Å². The molecule has 0 aliphatic rings. The van der Waals surface area contributed by atoms with Crippen LogP contribution in [0.25, 0.3) is 0 Å². The predicted molar refractivity (Wildman–Crippen MR) is 73.3 cm³/mol. The highest BCUT2D eigenvalue weighted by Gasteiger charge is 2.10. The van der Waals surface area contributed by atoms with Gasteiger partial charge in [0.15, 0.2) is 0 Å². The van der Waals surface area contributed by atoms with Gasteiger partial charge in [-0.15, -0.1) is 0 Å². The molecule has 0 saturated carbocycles. The molecule has 20 heavy (non-hydrogen) atoms. The van der Waals surface area contributed by atoms with Crippen LogP contribution in [0.5, 0.6) is 5.75 Å². The molecule has 0 amide bonds. The zero-order valence-corrected chi connectivity index (χ0v) is 11.1. The van der Waals surface area contributed by atoms with Crippen molar-refractivity contribution in [2.45, 2.75) is 12.8 Å². The molecule has 0 bridgehead atoms. The van der Waals surface area contributed by atoms with Crippen LogP contribution in [-0.4, -0.2) is 18.2 Å². The quantitative estimate of drug-likeness (QED) is 0.871. The van der Waals surface area contributed by atoms with Gasteiger partial charge in [0.1, 0.15) is 11.6 Å². The van der Waals surface area contributed by atoms with E-state index in [2.05, 4.69) is 4.74 Å². The Bertz CT molecular complexity index is 623. The molecule has 4 heteroatoms. The third kappa shape index (κ3) is 3.15. The molecule has 104 valence electrons. The van der Waals surface area contributed by atoms with Crippen molar-refractivity contribution >= 4 is 5.97 Å². The summed E-state index contributed by atoms with van der Waals surface area (Å²) in [5.41, 5.74) is 1.46. The fraction of sp³-hybridized carbons (Fsp3) is 0.188. The third-order valence-corrected chi connectivity index (χ3v) is 3.13. The molecule has 0 heterocycles. The molecule has 0 unspecified atom stereocenters. The first-order valence-corrected chi connectivity index (χ1v) is 6.25. The second kappa shape index (κ2) is 6.19. The number of rotatable bonds is 4. The number of ether oxygens (including phenoxy) is 1. The summed E-state index contributed by atoms with van der Waals surface area (Å²) in [6.07, 6.45) is 0.978. The van der Waals surface area contributed by atoms with Gasteiger partial charge in [-0.25, -0.2) is 9.18 Å². The van der Waals surface area contributed by atoms with Gasteiger partial charge < -0.3 is 9.84 Å². The fourth-order valence-corrected chi connectivity index (χ4v) is 1.99. The van der Waals surface area contributed by atoms with Crippen LogP contribution in [0, 0.1) is 5.82 Å². The number of methoxy groups -OCH3 is 1. The van der Waals surface area contributed by atoms with Crippen molar-refractivity contribution in [3.8, 4) is 5.75 Å². The Morgan fingerprint density at radius 3 is 2.50 bits per heavy atom. The number of hydrogen-bond donors (Lipinski definition) is 1. The number of aryl methyl sites for hydroxylation is 2. The van der Waals surface area contributed by atoms with Gasteiger partial charge in [0.25, 0.3) is 0 Å². The van der Waals surface area contributed by atoms with Crippen molar-refractivity contribution in [2.75, 3.05) is 7.11 Å². The molecule has 0 radical (unpaired) electrons. The Hall–Kier alpha value is -2.36. The number of aromatic hydroxyl groups is 1. The summed E-state index contributed by atoms with van der Waals surface area (Å²) in [6.45, 7) is 0. The van der Waals surface area contributed by atoms with Crippen LogP contribution < -0.4 is 0 Å². The van der Waals surface area contributed by atoms with Crippen LogP contribution in [-0.2, 0) is 17.6 Å². The van der Waals surface area contributed by atoms with E-state index in [-0.39, 0.29) is 11.3 Å². The van der Waals surface area contributed by atoms with Crippen LogP contribution in [0.3, 0.4) is 0 Å². The molecule has 3 nitrogen and oxygen atoms in total. The summed E-state index contributed by atoms with van der Waals surface area (Å²) >= 11 is 0. The number of carbonyl (C=O) groups excluding carboxylic acids is 1. The van der Waals surface area contributed by atoms with E-state index in [1.165, 1.54) is 19.2 Å². The zero-order chi connectivity index (χ0) is 14.5. The minimum atomic E-state index is -0.559. The average molecular weight is 274 g/mol. The molecule has 0 aliphatic heterocycles. The van der Waals surface area contributed by atoms with Crippen molar-refractivity contribution in [1.29, 1.82) is 0 Å². The third-order valence-electron chi connectivity index (χ3n) is 3.13. The van der Waals surface area contributed by atoms with Crippen LogP contribution in [0.15, 0.2) is 42.5 Å². The van der Waals surface area contributed by atoms with Crippen LogP contribution >= 0.6 is 0 Å². The molecule has 2 rings (SSSR count). The molecular formula is C16H15FO3. The molecule has 0 fully saturated rings. The lowest BCUT2D eigenvalue weighted by Gasteiger charge is -2.07. The zero-order valence-electron chi connectivity index (χ0n) is 11.1. The Morgan fingerprint density at radius 1 is 1.15 bits per heavy atom. The number of phenolic OH excluding ortho intramolecular Hbond substituents is 1. The highest BCUT2D eigenvalue weighted by molar-refractivity contribution is 5.89. The Balaban J connectivity index is 2.11. The number of esters is 1. The van der Waals surface area contributed by atoms with E-state index in [4.69, 9.17) is 0 Å². The second-order valence-electron chi connectivity index (χ2n) is 4.43. The first-order chi connectivity index (χ1) is 9.61. The number of phenols is 1. The largest absolute Gasteiger partial charge is 0.508 e. The molecule has 2 aromatic carbocycles. The standard InChI is InChI=1S/C16H15FO3/c1-20-16(19)13-9-7-11(14(17)10-13)6-8-12-4-2-3-5-15(12)18/h2-5,7,9-10,18H,6,8H2,1H3. The van der Waals surface area contributed by atoms with Crippen molar-refractivity contribution in [3.05, 3.63) is 65.0 Å².